The van der Waals surface area contributed by atoms with Crippen LogP contribution in [-0.4, -0.2) is 11.0 Å². The predicted molar refractivity (Wildman–Crippen MR) is 84.7 cm³/mol. The molecule has 0 saturated heterocycles. The van der Waals surface area contributed by atoms with Crippen LogP contribution < -0.4 is 5.32 Å². The lowest BCUT2D eigenvalue weighted by molar-refractivity contribution is 0.102. The summed E-state index contributed by atoms with van der Waals surface area (Å²) in [7, 11) is 0. The SMILES string of the molecule is Cc1c(O)cccc1C(=O)Nc1ccc2ccccc2c1. The molecule has 0 heterocycles. The number of carbonyl (C=O) groups excluding carboxylic acids is 1. The van der Waals surface area contributed by atoms with Crippen LogP contribution in [-0.2, 0) is 0 Å². The van der Waals surface area contributed by atoms with Crippen molar-refractivity contribution in [3.8, 4) is 5.75 Å². The van der Waals surface area contributed by atoms with Gasteiger partial charge in [-0.2, -0.15) is 0 Å². The van der Waals surface area contributed by atoms with E-state index in [2.05, 4.69) is 5.32 Å². The fourth-order valence-corrected chi connectivity index (χ4v) is 2.33. The van der Waals surface area contributed by atoms with Gasteiger partial charge in [0.05, 0.1) is 0 Å². The highest BCUT2D eigenvalue weighted by Crippen LogP contribution is 2.22. The van der Waals surface area contributed by atoms with Crippen LogP contribution >= 0.6 is 0 Å². The molecule has 0 aromatic heterocycles. The van der Waals surface area contributed by atoms with Gasteiger partial charge in [0, 0.05) is 16.8 Å². The molecule has 0 aliphatic heterocycles. The van der Waals surface area contributed by atoms with Crippen molar-refractivity contribution in [2.75, 3.05) is 5.32 Å². The Morgan fingerprint density at radius 1 is 0.952 bits per heavy atom. The van der Waals surface area contributed by atoms with E-state index in [1.165, 1.54) is 0 Å². The Bertz CT molecular complexity index is 824. The van der Waals surface area contributed by atoms with E-state index in [0.717, 1.165) is 16.5 Å². The Morgan fingerprint density at radius 3 is 2.52 bits per heavy atom. The normalized spacial score (nSPS) is 10.5. The molecule has 0 unspecified atom stereocenters. The van der Waals surface area contributed by atoms with E-state index in [-0.39, 0.29) is 11.7 Å². The van der Waals surface area contributed by atoms with Gasteiger partial charge in [-0.3, -0.25) is 4.79 Å². The van der Waals surface area contributed by atoms with Crippen molar-refractivity contribution >= 4 is 22.4 Å². The van der Waals surface area contributed by atoms with E-state index in [4.69, 9.17) is 0 Å². The van der Waals surface area contributed by atoms with Gasteiger partial charge in [0.25, 0.3) is 5.91 Å². The summed E-state index contributed by atoms with van der Waals surface area (Å²) in [5.41, 5.74) is 1.79. The summed E-state index contributed by atoms with van der Waals surface area (Å²) in [4.78, 5) is 12.3. The molecule has 0 saturated carbocycles. The second kappa shape index (κ2) is 5.29. The zero-order valence-electron chi connectivity index (χ0n) is 11.6. The van der Waals surface area contributed by atoms with Crippen molar-refractivity contribution in [3.05, 3.63) is 71.8 Å². The quantitative estimate of drug-likeness (QED) is 0.740. The van der Waals surface area contributed by atoms with Gasteiger partial charge in [-0.15, -0.1) is 0 Å². The number of benzene rings is 3. The first-order valence-electron chi connectivity index (χ1n) is 6.74. The number of phenolic OH excluding ortho intramolecular Hbond substituents is 1. The lowest BCUT2D eigenvalue weighted by atomic mass is 10.1. The zero-order valence-corrected chi connectivity index (χ0v) is 11.6. The number of amides is 1. The monoisotopic (exact) mass is 277 g/mol. The highest BCUT2D eigenvalue weighted by atomic mass is 16.3. The molecule has 104 valence electrons. The summed E-state index contributed by atoms with van der Waals surface area (Å²) in [6, 6.07) is 18.7. The molecular formula is C18H15NO2. The Hall–Kier alpha value is -2.81. The Labute approximate surface area is 122 Å². The van der Waals surface area contributed by atoms with Crippen molar-refractivity contribution < 1.29 is 9.90 Å². The Kier molecular flexibility index (Phi) is 3.32. The molecule has 21 heavy (non-hydrogen) atoms. The van der Waals surface area contributed by atoms with Gasteiger partial charge < -0.3 is 10.4 Å². The first-order chi connectivity index (χ1) is 10.1. The van der Waals surface area contributed by atoms with Crippen molar-refractivity contribution in [2.45, 2.75) is 6.92 Å². The minimum atomic E-state index is -0.223. The molecule has 0 atom stereocenters. The average Bonchev–Trinajstić information content (AvgIpc) is 2.50. The highest BCUT2D eigenvalue weighted by molar-refractivity contribution is 6.06. The summed E-state index contributed by atoms with van der Waals surface area (Å²) in [6.07, 6.45) is 0. The number of phenols is 1. The van der Waals surface area contributed by atoms with Gasteiger partial charge in [0.1, 0.15) is 5.75 Å². The fraction of sp³-hybridized carbons (Fsp3) is 0.0556. The summed E-state index contributed by atoms with van der Waals surface area (Å²) in [5, 5.41) is 14.7. The molecule has 0 spiro atoms. The second-order valence-corrected chi connectivity index (χ2v) is 4.97. The first kappa shape index (κ1) is 13.2. The number of rotatable bonds is 2. The van der Waals surface area contributed by atoms with Crippen molar-refractivity contribution in [3.63, 3.8) is 0 Å². The minimum Gasteiger partial charge on any atom is -0.508 e. The molecule has 0 aliphatic rings. The van der Waals surface area contributed by atoms with Crippen molar-refractivity contribution in [1.82, 2.24) is 0 Å². The highest BCUT2D eigenvalue weighted by Gasteiger charge is 2.11. The van der Waals surface area contributed by atoms with Gasteiger partial charge >= 0.3 is 0 Å². The van der Waals surface area contributed by atoms with Gasteiger partial charge in [-0.25, -0.2) is 0 Å². The third-order valence-electron chi connectivity index (χ3n) is 3.56. The summed E-state index contributed by atoms with van der Waals surface area (Å²) < 4.78 is 0. The molecular weight excluding hydrogens is 262 g/mol. The molecule has 3 rings (SSSR count). The molecule has 0 bridgehead atoms. The first-order valence-corrected chi connectivity index (χ1v) is 6.74. The maximum Gasteiger partial charge on any atom is 0.256 e. The van der Waals surface area contributed by atoms with Crippen molar-refractivity contribution in [1.29, 1.82) is 0 Å². The van der Waals surface area contributed by atoms with E-state index >= 15 is 0 Å². The van der Waals surface area contributed by atoms with Crippen molar-refractivity contribution in [2.24, 2.45) is 0 Å². The summed E-state index contributed by atoms with van der Waals surface area (Å²) >= 11 is 0. The topological polar surface area (TPSA) is 49.3 Å². The molecule has 2 N–H and O–H groups in total. The maximum absolute atomic E-state index is 12.3. The molecule has 3 aromatic carbocycles. The van der Waals surface area contributed by atoms with Crippen LogP contribution in [0.15, 0.2) is 60.7 Å². The third-order valence-corrected chi connectivity index (χ3v) is 3.56. The van der Waals surface area contributed by atoms with Crippen LogP contribution in [0.4, 0.5) is 5.69 Å². The van der Waals surface area contributed by atoms with Gasteiger partial charge in [0.15, 0.2) is 0 Å². The Morgan fingerprint density at radius 2 is 1.71 bits per heavy atom. The number of carbonyl (C=O) groups is 1. The molecule has 3 nitrogen and oxygen atoms in total. The van der Waals surface area contributed by atoms with Gasteiger partial charge in [0.2, 0.25) is 0 Å². The minimum absolute atomic E-state index is 0.126. The molecule has 0 aliphatic carbocycles. The lowest BCUT2D eigenvalue weighted by Gasteiger charge is -2.09. The lowest BCUT2D eigenvalue weighted by Crippen LogP contribution is -2.13. The number of fused-ring (bicyclic) bond motifs is 1. The van der Waals surface area contributed by atoms with E-state index in [1.807, 2.05) is 42.5 Å². The van der Waals surface area contributed by atoms with Crippen LogP contribution in [0.2, 0.25) is 0 Å². The van der Waals surface area contributed by atoms with Crippen LogP contribution in [0.1, 0.15) is 15.9 Å². The predicted octanol–water partition coefficient (Wildman–Crippen LogP) is 4.11. The van der Waals surface area contributed by atoms with Crippen LogP contribution in [0.25, 0.3) is 10.8 Å². The van der Waals surface area contributed by atoms with Gasteiger partial charge in [-0.05, 0) is 42.0 Å². The number of aromatic hydroxyl groups is 1. The molecule has 0 radical (unpaired) electrons. The number of nitrogens with one attached hydrogen (secondary N) is 1. The number of hydrogen-bond donors (Lipinski definition) is 2. The number of anilines is 1. The Balaban J connectivity index is 1.91. The maximum atomic E-state index is 12.3. The molecule has 3 heteroatoms. The molecule has 0 fully saturated rings. The van der Waals surface area contributed by atoms with E-state index in [0.29, 0.717) is 11.1 Å². The van der Waals surface area contributed by atoms with Crippen LogP contribution in [0.3, 0.4) is 0 Å². The summed E-state index contributed by atoms with van der Waals surface area (Å²) in [5.74, 6) is -0.0974. The molecule has 1 amide bonds. The van der Waals surface area contributed by atoms with E-state index in [9.17, 15) is 9.90 Å². The largest absolute Gasteiger partial charge is 0.508 e. The fourth-order valence-electron chi connectivity index (χ4n) is 2.33. The van der Waals surface area contributed by atoms with Crippen LogP contribution in [0, 0.1) is 6.92 Å². The van der Waals surface area contributed by atoms with Crippen LogP contribution in [0.5, 0.6) is 5.75 Å². The summed E-state index contributed by atoms with van der Waals surface area (Å²) in [6.45, 7) is 1.73. The standard InChI is InChI=1S/C18H15NO2/c1-12-16(7-4-8-17(12)20)18(21)19-15-10-9-13-5-2-3-6-14(13)11-15/h2-11,20H,1H3,(H,19,21). The number of hydrogen-bond acceptors (Lipinski definition) is 2. The third kappa shape index (κ3) is 2.58. The second-order valence-electron chi connectivity index (χ2n) is 4.97. The van der Waals surface area contributed by atoms with E-state index in [1.54, 1.807) is 25.1 Å². The van der Waals surface area contributed by atoms with Gasteiger partial charge in [-0.1, -0.05) is 36.4 Å². The zero-order chi connectivity index (χ0) is 14.8. The van der Waals surface area contributed by atoms with E-state index < -0.39 is 0 Å². The average molecular weight is 277 g/mol. The molecule has 3 aromatic rings. The smallest absolute Gasteiger partial charge is 0.256 e.